The number of rotatable bonds is 11. The van der Waals surface area contributed by atoms with Gasteiger partial charge in [-0.05, 0) is 110 Å². The summed E-state index contributed by atoms with van der Waals surface area (Å²) in [5, 5.41) is 15.2. The van der Waals surface area contributed by atoms with Crippen molar-refractivity contribution in [2.75, 3.05) is 43.3 Å². The lowest BCUT2D eigenvalue weighted by molar-refractivity contribution is -0.138. The number of aliphatic hydroxyl groups is 1. The highest BCUT2D eigenvalue weighted by molar-refractivity contribution is 6.91. The van der Waals surface area contributed by atoms with Crippen LogP contribution in [0.15, 0.2) is 103 Å². The van der Waals surface area contributed by atoms with Gasteiger partial charge in [0.25, 0.3) is 5.91 Å². The van der Waals surface area contributed by atoms with Gasteiger partial charge in [-0.1, -0.05) is 91.9 Å². The van der Waals surface area contributed by atoms with Gasteiger partial charge in [-0.25, -0.2) is 0 Å². The first-order valence-corrected chi connectivity index (χ1v) is 23.9. The fourth-order valence-electron chi connectivity index (χ4n) is 10.5. The lowest BCUT2D eigenvalue weighted by atomic mass is 9.86. The van der Waals surface area contributed by atoms with Gasteiger partial charge in [0, 0.05) is 17.9 Å². The Bertz CT molecular complexity index is 2020. The van der Waals surface area contributed by atoms with Crippen molar-refractivity contribution in [1.82, 2.24) is 10.2 Å². The number of piperidine rings is 1. The van der Waals surface area contributed by atoms with E-state index in [0.717, 1.165) is 61.5 Å². The van der Waals surface area contributed by atoms with E-state index >= 15 is 0 Å². The number of nitrogens with one attached hydrogen (secondary N) is 1. The molecular weight excluding hydrogens is 729 g/mol. The van der Waals surface area contributed by atoms with Crippen molar-refractivity contribution >= 4 is 36.4 Å². The molecule has 2 N–H and O–H groups in total. The third-order valence-corrected chi connectivity index (χ3v) is 18.1. The van der Waals surface area contributed by atoms with Crippen LogP contribution in [0.2, 0.25) is 18.6 Å². The molecule has 0 unspecified atom stereocenters. The number of ether oxygens (including phenoxy) is 2. The minimum absolute atomic E-state index is 0.00687. The van der Waals surface area contributed by atoms with Crippen molar-refractivity contribution in [1.29, 1.82) is 0 Å². The highest BCUT2D eigenvalue weighted by Gasteiger charge is 2.54. The van der Waals surface area contributed by atoms with Gasteiger partial charge in [0.15, 0.2) is 0 Å². The maximum Gasteiger partial charge on any atom is 0.254 e. The molecule has 2 amide bonds. The quantitative estimate of drug-likeness (QED) is 0.173. The molecule has 4 aliphatic rings. The third-order valence-electron chi connectivity index (χ3n) is 13.7. The first-order chi connectivity index (χ1) is 27.6. The summed E-state index contributed by atoms with van der Waals surface area (Å²) in [5.74, 6) is 1.32. The van der Waals surface area contributed by atoms with Crippen LogP contribution in [-0.4, -0.2) is 87.2 Å². The van der Waals surface area contributed by atoms with Crippen LogP contribution >= 0.6 is 0 Å². The van der Waals surface area contributed by atoms with Crippen molar-refractivity contribution in [2.24, 2.45) is 5.92 Å². The lowest BCUT2D eigenvalue weighted by Gasteiger charge is -2.39. The Hall–Kier alpha value is -4.48. The summed E-state index contributed by atoms with van der Waals surface area (Å²) in [7, 11) is -0.487. The molecule has 0 saturated carbocycles. The molecule has 1 spiro atoms. The number of anilines is 2. The fourth-order valence-corrected chi connectivity index (χ4v) is 14.6. The molecule has 3 saturated heterocycles. The molecule has 0 aliphatic carbocycles. The predicted octanol–water partition coefficient (Wildman–Crippen LogP) is 6.29. The van der Waals surface area contributed by atoms with E-state index in [4.69, 9.17) is 9.47 Å². The van der Waals surface area contributed by atoms with Crippen molar-refractivity contribution in [3.8, 4) is 5.75 Å². The number of aliphatic hydroxyl groups excluding tert-OH is 1. The molecule has 4 heterocycles. The van der Waals surface area contributed by atoms with Gasteiger partial charge >= 0.3 is 0 Å². The summed E-state index contributed by atoms with van der Waals surface area (Å²) >= 11 is 0. The van der Waals surface area contributed by atoms with Gasteiger partial charge in [-0.2, -0.15) is 0 Å². The molecule has 3 fully saturated rings. The van der Waals surface area contributed by atoms with Crippen LogP contribution in [0, 0.1) is 5.92 Å². The second kappa shape index (κ2) is 16.4. The van der Waals surface area contributed by atoms with E-state index in [-0.39, 0.29) is 48.1 Å². The molecule has 57 heavy (non-hydrogen) atoms. The molecule has 8 rings (SSSR count). The van der Waals surface area contributed by atoms with Crippen molar-refractivity contribution in [3.63, 3.8) is 0 Å². The van der Waals surface area contributed by atoms with Crippen LogP contribution in [0.3, 0.4) is 0 Å². The Morgan fingerprint density at radius 3 is 2.26 bits per heavy atom. The molecule has 300 valence electrons. The largest absolute Gasteiger partial charge is 0.497 e. The number of para-hydroxylation sites is 1. The van der Waals surface area contributed by atoms with Gasteiger partial charge in [0.05, 0.1) is 53.1 Å². The zero-order valence-corrected chi connectivity index (χ0v) is 34.9. The highest BCUT2D eigenvalue weighted by Crippen LogP contribution is 2.47. The minimum Gasteiger partial charge on any atom is -0.497 e. The molecule has 0 radical (unpaired) electrons. The number of carbonyl (C=O) groups excluding carboxylic acids is 2. The number of nitrogens with zero attached hydrogens (tertiary/aromatic N) is 3. The average molecular weight is 787 g/mol. The third kappa shape index (κ3) is 7.53. The number of benzene rings is 4. The molecular formula is C47H58N4O5Si. The molecule has 4 aromatic carbocycles. The number of amides is 2. The number of methoxy groups -OCH3 is 1. The van der Waals surface area contributed by atoms with Crippen LogP contribution in [0.5, 0.6) is 5.75 Å². The fraction of sp³-hybridized carbons (Fsp3) is 0.447. The average Bonchev–Trinajstić information content (AvgIpc) is 3.71. The SMILES string of the molecule is COc1ccc([Si](C)(C)[C@@H]2[C@@H](C)[C@@H](CCc3ccc(N4CN(c5ccccc5)C5(CCNCC5)C4=O)cc3)O[C@H]2CC(=O)N2Cc3ccccc3C[C@H]2CO)cc1. The van der Waals surface area contributed by atoms with Crippen molar-refractivity contribution in [3.05, 3.63) is 120 Å². The van der Waals surface area contributed by atoms with Gasteiger partial charge in [-0.15, -0.1) is 0 Å². The summed E-state index contributed by atoms with van der Waals surface area (Å²) < 4.78 is 12.5. The zero-order chi connectivity index (χ0) is 39.7. The first kappa shape index (κ1) is 39.3. The van der Waals surface area contributed by atoms with Crippen LogP contribution < -0.4 is 25.0 Å². The molecule has 4 aromatic rings. The van der Waals surface area contributed by atoms with Crippen LogP contribution in [0.1, 0.15) is 49.3 Å². The Labute approximate surface area is 339 Å². The van der Waals surface area contributed by atoms with Gasteiger partial charge in [-0.3, -0.25) is 14.5 Å². The van der Waals surface area contributed by atoms with E-state index in [2.05, 4.69) is 90.9 Å². The number of fused-ring (bicyclic) bond motifs is 1. The molecule has 0 aromatic heterocycles. The number of aryl methyl sites for hydroxylation is 1. The molecule has 5 atom stereocenters. The van der Waals surface area contributed by atoms with Crippen molar-refractivity contribution < 1.29 is 24.2 Å². The second-order valence-electron chi connectivity index (χ2n) is 17.2. The summed E-state index contributed by atoms with van der Waals surface area (Å²) in [6, 6.07) is 35.4. The maximum atomic E-state index is 14.3. The number of hydrogen-bond donors (Lipinski definition) is 2. The van der Waals surface area contributed by atoms with Crippen molar-refractivity contribution in [2.45, 2.75) is 94.4 Å². The van der Waals surface area contributed by atoms with Gasteiger partial charge < -0.3 is 29.7 Å². The molecule has 0 bridgehead atoms. The maximum absolute atomic E-state index is 14.3. The Morgan fingerprint density at radius 1 is 0.895 bits per heavy atom. The van der Waals surface area contributed by atoms with Crippen LogP contribution in [0.25, 0.3) is 0 Å². The second-order valence-corrected chi connectivity index (χ2v) is 21.9. The molecule has 9 nitrogen and oxygen atoms in total. The number of hydrogen-bond acceptors (Lipinski definition) is 7. The highest BCUT2D eigenvalue weighted by atomic mass is 28.3. The normalized spacial score (nSPS) is 24.5. The van der Waals surface area contributed by atoms with E-state index < -0.39 is 13.6 Å². The summed E-state index contributed by atoms with van der Waals surface area (Å²) in [6.07, 6.45) is 3.97. The van der Waals surface area contributed by atoms with E-state index in [1.54, 1.807) is 7.11 Å². The topological polar surface area (TPSA) is 94.6 Å². The van der Waals surface area contributed by atoms with Gasteiger partial charge in [0.1, 0.15) is 11.3 Å². The Morgan fingerprint density at radius 2 is 1.58 bits per heavy atom. The summed E-state index contributed by atoms with van der Waals surface area (Å²) in [4.78, 5) is 34.7. The van der Waals surface area contributed by atoms with E-state index in [1.165, 1.54) is 16.3 Å². The Balaban J connectivity index is 0.991. The summed E-state index contributed by atoms with van der Waals surface area (Å²) in [6.45, 7) is 9.79. The smallest absolute Gasteiger partial charge is 0.254 e. The first-order valence-electron chi connectivity index (χ1n) is 20.8. The Kier molecular flexibility index (Phi) is 11.3. The minimum atomic E-state index is -2.18. The zero-order valence-electron chi connectivity index (χ0n) is 33.9. The lowest BCUT2D eigenvalue weighted by Crippen LogP contribution is -2.55. The van der Waals surface area contributed by atoms with Crippen LogP contribution in [-0.2, 0) is 33.7 Å². The monoisotopic (exact) mass is 786 g/mol. The van der Waals surface area contributed by atoms with E-state index in [0.29, 0.717) is 26.1 Å². The van der Waals surface area contributed by atoms with E-state index in [1.807, 2.05) is 52.3 Å². The van der Waals surface area contributed by atoms with Crippen LogP contribution in [0.4, 0.5) is 11.4 Å². The predicted molar refractivity (Wildman–Crippen MR) is 229 cm³/mol. The molecule has 4 aliphatic heterocycles. The van der Waals surface area contributed by atoms with Gasteiger partial charge in [0.2, 0.25) is 5.91 Å². The summed E-state index contributed by atoms with van der Waals surface area (Å²) in [5.41, 5.74) is 5.26. The number of carbonyl (C=O) groups is 2. The van der Waals surface area contributed by atoms with E-state index in [9.17, 15) is 14.7 Å². The molecule has 10 heteroatoms. The standard InChI is InChI=1S/C47H58N4O5Si/c1-33-42(23-16-34-14-17-37(18-15-34)50-32-51(38-12-6-5-7-13-38)47(46(50)54)24-26-48-27-25-47)56-43(45(33)57(3,4)41-21-19-40(55-2)20-22-41)29-44(53)49-30-36-11-9-8-10-35(36)28-39(49)31-52/h5-15,17-22,33,39,42-43,45,48,52H,16,23-32H2,1-4H3/t33-,39-,42+,43-,45+/m0/s1.